The molecule has 1 aromatic rings. The van der Waals surface area contributed by atoms with E-state index in [4.69, 9.17) is 0 Å². The third-order valence-electron chi connectivity index (χ3n) is 6.17. The molecule has 0 radical (unpaired) electrons. The molecular weight excluding hydrogens is 331 g/mol. The molecule has 5 atom stereocenters. The zero-order chi connectivity index (χ0) is 18.1. The van der Waals surface area contributed by atoms with Crippen molar-refractivity contribution in [3.63, 3.8) is 0 Å². The Morgan fingerprint density at radius 1 is 1.31 bits per heavy atom. The van der Waals surface area contributed by atoms with E-state index in [1.54, 1.807) is 17.1 Å². The Morgan fingerprint density at radius 2 is 2.15 bits per heavy atom. The van der Waals surface area contributed by atoms with E-state index in [2.05, 4.69) is 23.0 Å². The molecule has 3 aliphatic rings. The molecule has 5 unspecified atom stereocenters. The summed E-state index contributed by atoms with van der Waals surface area (Å²) in [5.74, 6) is -0.000611. The minimum atomic E-state index is -0.321. The molecule has 0 spiro atoms. The summed E-state index contributed by atoms with van der Waals surface area (Å²) in [7, 11) is 0. The van der Waals surface area contributed by atoms with Crippen LogP contribution >= 0.6 is 0 Å². The number of hydrogen-bond acceptors (Lipinski definition) is 4. The number of fused-ring (bicyclic) bond motifs is 3. The molecule has 142 valence electrons. The van der Waals surface area contributed by atoms with E-state index in [9.17, 15) is 9.18 Å². The van der Waals surface area contributed by atoms with Gasteiger partial charge in [-0.05, 0) is 49.9 Å². The van der Waals surface area contributed by atoms with Crippen molar-refractivity contribution in [2.45, 2.75) is 63.7 Å². The van der Waals surface area contributed by atoms with Crippen LogP contribution < -0.4 is 21.1 Å². The van der Waals surface area contributed by atoms with Crippen molar-refractivity contribution in [3.8, 4) is 0 Å². The molecule has 1 aliphatic carbocycles. The lowest BCUT2D eigenvalue weighted by atomic mass is 9.72. The summed E-state index contributed by atoms with van der Waals surface area (Å²) in [4.78, 5) is 13.2. The fourth-order valence-electron chi connectivity index (χ4n) is 4.88. The van der Waals surface area contributed by atoms with E-state index in [-0.39, 0.29) is 29.8 Å². The number of hydrazine groups is 1. The smallest absolute Gasteiger partial charge is 0.249 e. The van der Waals surface area contributed by atoms with Gasteiger partial charge in [-0.2, -0.15) is 0 Å². The van der Waals surface area contributed by atoms with Crippen molar-refractivity contribution >= 4 is 11.6 Å². The highest BCUT2D eigenvalue weighted by Crippen LogP contribution is 2.39. The van der Waals surface area contributed by atoms with Crippen molar-refractivity contribution in [1.29, 1.82) is 0 Å². The minimum absolute atomic E-state index is 0.0236. The molecule has 2 aliphatic heterocycles. The standard InChI is InChI=1S/C20H29FN4O/c1-2-3-11-22-19-17-18(15-9-4-5-10-16(15)23-19)24-25(20(17)26)14-8-6-7-13(21)12-14/h6-8,12,15-19,22-24H,2-5,9-11H2,1H3. The zero-order valence-electron chi connectivity index (χ0n) is 15.4. The number of benzene rings is 1. The second-order valence-electron chi connectivity index (χ2n) is 7.84. The second-order valence-corrected chi connectivity index (χ2v) is 7.84. The summed E-state index contributed by atoms with van der Waals surface area (Å²) < 4.78 is 13.7. The highest BCUT2D eigenvalue weighted by Gasteiger charge is 2.54. The molecule has 3 N–H and O–H groups in total. The summed E-state index contributed by atoms with van der Waals surface area (Å²) >= 11 is 0. The quantitative estimate of drug-likeness (QED) is 0.707. The molecule has 4 rings (SSSR count). The molecule has 1 saturated carbocycles. The summed E-state index contributed by atoms with van der Waals surface area (Å²) in [5.41, 5.74) is 4.03. The molecule has 0 bridgehead atoms. The van der Waals surface area contributed by atoms with Gasteiger partial charge in [-0.15, -0.1) is 0 Å². The predicted octanol–water partition coefficient (Wildman–Crippen LogP) is 2.54. The summed E-state index contributed by atoms with van der Waals surface area (Å²) in [5, 5.41) is 8.87. The first kappa shape index (κ1) is 17.9. The Hall–Kier alpha value is -1.50. The molecular formula is C20H29FN4O. The molecule has 1 amide bonds. The topological polar surface area (TPSA) is 56.4 Å². The van der Waals surface area contributed by atoms with Crippen LogP contribution in [-0.4, -0.2) is 30.7 Å². The molecule has 5 nitrogen and oxygen atoms in total. The molecule has 0 aromatic heterocycles. The largest absolute Gasteiger partial charge is 0.301 e. The van der Waals surface area contributed by atoms with Gasteiger partial charge in [-0.25, -0.2) is 14.8 Å². The predicted molar refractivity (Wildman–Crippen MR) is 99.9 cm³/mol. The van der Waals surface area contributed by atoms with Gasteiger partial charge in [0, 0.05) is 12.1 Å². The fraction of sp³-hybridized carbons (Fsp3) is 0.650. The van der Waals surface area contributed by atoms with Crippen LogP contribution in [0.4, 0.5) is 10.1 Å². The fourth-order valence-corrected chi connectivity index (χ4v) is 4.88. The number of carbonyl (C=O) groups excluding carboxylic acids is 1. The number of amides is 1. The number of nitrogens with zero attached hydrogens (tertiary/aromatic N) is 1. The summed E-state index contributed by atoms with van der Waals surface area (Å²) in [6.07, 6.45) is 6.96. The van der Waals surface area contributed by atoms with E-state index < -0.39 is 0 Å². The number of carbonyl (C=O) groups is 1. The van der Waals surface area contributed by atoms with Crippen molar-refractivity contribution < 1.29 is 9.18 Å². The minimum Gasteiger partial charge on any atom is -0.301 e. The molecule has 1 aromatic carbocycles. The molecule has 2 heterocycles. The lowest BCUT2D eigenvalue weighted by Crippen LogP contribution is -2.66. The van der Waals surface area contributed by atoms with Crippen LogP contribution in [0.5, 0.6) is 0 Å². The number of halogens is 1. The van der Waals surface area contributed by atoms with Gasteiger partial charge < -0.3 is 5.32 Å². The monoisotopic (exact) mass is 360 g/mol. The number of nitrogens with one attached hydrogen (secondary N) is 3. The number of piperidine rings is 1. The third kappa shape index (κ3) is 3.26. The van der Waals surface area contributed by atoms with Crippen LogP contribution in [0.1, 0.15) is 45.4 Å². The third-order valence-corrected chi connectivity index (χ3v) is 6.17. The Labute approximate surface area is 154 Å². The first-order valence-corrected chi connectivity index (χ1v) is 10.0. The molecule has 2 saturated heterocycles. The maximum Gasteiger partial charge on any atom is 0.249 e. The first-order chi connectivity index (χ1) is 12.7. The maximum atomic E-state index is 13.7. The Balaban J connectivity index is 1.59. The van der Waals surface area contributed by atoms with Gasteiger partial charge in [-0.3, -0.25) is 10.1 Å². The van der Waals surface area contributed by atoms with Crippen LogP contribution in [-0.2, 0) is 4.79 Å². The Bertz CT molecular complexity index is 654. The molecule has 26 heavy (non-hydrogen) atoms. The Morgan fingerprint density at radius 3 is 2.96 bits per heavy atom. The summed E-state index contributed by atoms with van der Waals surface area (Å²) in [6.45, 7) is 3.08. The van der Waals surface area contributed by atoms with Crippen LogP contribution in [0.15, 0.2) is 24.3 Å². The summed E-state index contributed by atoms with van der Waals surface area (Å²) in [6, 6.07) is 6.82. The van der Waals surface area contributed by atoms with Crippen LogP contribution in [0.25, 0.3) is 0 Å². The van der Waals surface area contributed by atoms with E-state index in [0.29, 0.717) is 17.6 Å². The number of anilines is 1. The van der Waals surface area contributed by atoms with Crippen molar-refractivity contribution in [3.05, 3.63) is 30.1 Å². The van der Waals surface area contributed by atoms with Crippen molar-refractivity contribution in [2.75, 3.05) is 11.6 Å². The van der Waals surface area contributed by atoms with Crippen LogP contribution in [0.3, 0.4) is 0 Å². The van der Waals surface area contributed by atoms with Gasteiger partial charge >= 0.3 is 0 Å². The van der Waals surface area contributed by atoms with Gasteiger partial charge in [-0.1, -0.05) is 32.3 Å². The number of hydrogen-bond donors (Lipinski definition) is 3. The van der Waals surface area contributed by atoms with Gasteiger partial charge in [0.15, 0.2) is 0 Å². The lowest BCUT2D eigenvalue weighted by Gasteiger charge is -2.46. The lowest BCUT2D eigenvalue weighted by molar-refractivity contribution is -0.123. The normalized spacial score (nSPS) is 33.8. The Kier molecular flexibility index (Phi) is 5.25. The van der Waals surface area contributed by atoms with Crippen LogP contribution in [0, 0.1) is 17.7 Å². The van der Waals surface area contributed by atoms with E-state index in [1.165, 1.54) is 25.0 Å². The van der Waals surface area contributed by atoms with E-state index >= 15 is 0 Å². The van der Waals surface area contributed by atoms with E-state index in [0.717, 1.165) is 32.2 Å². The SMILES string of the molecule is CCCCNC1NC2CCCCC2C2NN(c3cccc(F)c3)C(=O)C12. The van der Waals surface area contributed by atoms with E-state index in [1.807, 2.05) is 0 Å². The number of rotatable bonds is 5. The average Bonchev–Trinajstić information content (AvgIpc) is 3.00. The highest BCUT2D eigenvalue weighted by atomic mass is 19.1. The van der Waals surface area contributed by atoms with Crippen LogP contribution in [0.2, 0.25) is 0 Å². The van der Waals surface area contributed by atoms with Gasteiger partial charge in [0.05, 0.1) is 17.8 Å². The van der Waals surface area contributed by atoms with Crippen molar-refractivity contribution in [2.24, 2.45) is 11.8 Å². The molecule has 3 fully saturated rings. The van der Waals surface area contributed by atoms with Crippen molar-refractivity contribution in [1.82, 2.24) is 16.1 Å². The zero-order valence-corrected chi connectivity index (χ0v) is 15.4. The molecule has 6 heteroatoms. The number of unbranched alkanes of at least 4 members (excludes halogenated alkanes) is 1. The second kappa shape index (κ2) is 7.62. The average molecular weight is 360 g/mol. The highest BCUT2D eigenvalue weighted by molar-refractivity contribution is 5.97. The first-order valence-electron chi connectivity index (χ1n) is 10.0. The van der Waals surface area contributed by atoms with Gasteiger partial charge in [0.25, 0.3) is 0 Å². The maximum absolute atomic E-state index is 13.7. The van der Waals surface area contributed by atoms with Gasteiger partial charge in [0.1, 0.15) is 5.82 Å². The van der Waals surface area contributed by atoms with Gasteiger partial charge in [0.2, 0.25) is 5.91 Å².